The third-order valence-corrected chi connectivity index (χ3v) is 3.85. The number of hydrogen-bond acceptors (Lipinski definition) is 3. The van der Waals surface area contributed by atoms with Crippen LogP contribution in [0.4, 0.5) is 5.69 Å². The third-order valence-electron chi connectivity index (χ3n) is 2.61. The zero-order valence-electron chi connectivity index (χ0n) is 11.0. The first kappa shape index (κ1) is 15.4. The molecule has 1 N–H and O–H groups in total. The van der Waals surface area contributed by atoms with E-state index in [2.05, 4.69) is 27.8 Å². The molecule has 5 heteroatoms. The van der Waals surface area contributed by atoms with E-state index in [9.17, 15) is 9.59 Å². The van der Waals surface area contributed by atoms with Gasteiger partial charge in [0.15, 0.2) is 5.78 Å². The Morgan fingerprint density at radius 2 is 1.90 bits per heavy atom. The first-order valence-corrected chi connectivity index (χ1v) is 7.75. The number of nitrogens with one attached hydrogen (secondary N) is 1. The highest BCUT2D eigenvalue weighted by atomic mass is 79.9. The minimum Gasteiger partial charge on any atom is -0.322 e. The quantitative estimate of drug-likeness (QED) is 0.629. The lowest BCUT2D eigenvalue weighted by Gasteiger charge is -2.03. The molecule has 1 amide bonds. The molecule has 0 saturated carbocycles. The smallest absolute Gasteiger partial charge is 0.262 e. The summed E-state index contributed by atoms with van der Waals surface area (Å²) in [6.45, 7) is 3.50. The summed E-state index contributed by atoms with van der Waals surface area (Å²) < 4.78 is 0.271. The van der Waals surface area contributed by atoms with Gasteiger partial charge in [0.2, 0.25) is 0 Å². The van der Waals surface area contributed by atoms with E-state index in [1.165, 1.54) is 11.3 Å². The van der Waals surface area contributed by atoms with Crippen LogP contribution >= 0.6 is 27.3 Å². The number of amides is 1. The van der Waals surface area contributed by atoms with Gasteiger partial charge < -0.3 is 5.32 Å². The maximum atomic E-state index is 11.8. The second-order valence-electron chi connectivity index (χ2n) is 4.16. The van der Waals surface area contributed by atoms with Crippen molar-refractivity contribution < 1.29 is 9.59 Å². The van der Waals surface area contributed by atoms with Crippen LogP contribution in [0.2, 0.25) is 0 Å². The van der Waals surface area contributed by atoms with E-state index in [1.807, 2.05) is 23.6 Å². The monoisotopic (exact) mass is 361 g/mol. The molecular formula is C16H12BrNO2S. The first-order chi connectivity index (χ1) is 10.1. The Balaban J connectivity index is 2.01. The van der Waals surface area contributed by atoms with Crippen LogP contribution in [0.3, 0.4) is 0 Å². The van der Waals surface area contributed by atoms with E-state index < -0.39 is 0 Å². The van der Waals surface area contributed by atoms with E-state index in [-0.39, 0.29) is 16.2 Å². The summed E-state index contributed by atoms with van der Waals surface area (Å²) in [6, 6.07) is 10.8. The summed E-state index contributed by atoms with van der Waals surface area (Å²) in [7, 11) is 0. The van der Waals surface area contributed by atoms with Crippen molar-refractivity contribution in [3.63, 3.8) is 0 Å². The van der Waals surface area contributed by atoms with Crippen LogP contribution in [0.15, 0.2) is 58.9 Å². The molecular weight excluding hydrogens is 350 g/mol. The van der Waals surface area contributed by atoms with Crippen LogP contribution < -0.4 is 5.32 Å². The molecule has 0 atom stereocenters. The maximum absolute atomic E-state index is 11.8. The van der Waals surface area contributed by atoms with Crippen molar-refractivity contribution in [3.8, 4) is 0 Å². The fourth-order valence-corrected chi connectivity index (χ4v) is 2.29. The molecule has 0 saturated heterocycles. The molecule has 0 spiro atoms. The highest BCUT2D eigenvalue weighted by Crippen LogP contribution is 2.14. The Kier molecular flexibility index (Phi) is 5.25. The molecule has 0 aliphatic heterocycles. The zero-order valence-corrected chi connectivity index (χ0v) is 13.4. The van der Waals surface area contributed by atoms with Gasteiger partial charge in [-0.15, -0.1) is 11.3 Å². The van der Waals surface area contributed by atoms with Crippen LogP contribution in [0, 0.1) is 0 Å². The van der Waals surface area contributed by atoms with Crippen LogP contribution in [0.5, 0.6) is 0 Å². The molecule has 2 aromatic rings. The fraction of sp³-hybridized carbons (Fsp3) is 0. The number of carbonyl (C=O) groups excluding carboxylic acids is 2. The molecule has 0 bridgehead atoms. The van der Waals surface area contributed by atoms with Crippen molar-refractivity contribution in [2.75, 3.05) is 5.32 Å². The Morgan fingerprint density at radius 1 is 1.19 bits per heavy atom. The average molecular weight is 362 g/mol. The molecule has 106 valence electrons. The van der Waals surface area contributed by atoms with Crippen LogP contribution in [0.25, 0.3) is 6.08 Å². The number of halogens is 1. The minimum atomic E-state index is -0.286. The number of thiophene rings is 1. The second-order valence-corrected chi connectivity index (χ2v) is 6.06. The molecule has 1 aromatic carbocycles. The molecule has 0 aliphatic carbocycles. The predicted octanol–water partition coefficient (Wildman–Crippen LogP) is 4.49. The minimum absolute atomic E-state index is 0.0158. The van der Waals surface area contributed by atoms with Crippen molar-refractivity contribution in [2.24, 2.45) is 0 Å². The van der Waals surface area contributed by atoms with E-state index in [1.54, 1.807) is 30.4 Å². The molecule has 0 unspecified atom stereocenters. The molecule has 21 heavy (non-hydrogen) atoms. The summed E-state index contributed by atoms with van der Waals surface area (Å²) in [5.74, 6) is -0.302. The summed E-state index contributed by atoms with van der Waals surface area (Å²) in [5.41, 5.74) is 1.55. The standard InChI is InChI=1S/C16H12BrNO2S/c1-11(17)16(20)18-13-7-4-12(5-8-13)6-9-14(19)15-3-2-10-21-15/h2-10H,1H2,(H,18,20)/b9-6+. The predicted molar refractivity (Wildman–Crippen MR) is 90.8 cm³/mol. The Labute approximate surface area is 135 Å². The first-order valence-electron chi connectivity index (χ1n) is 6.08. The summed E-state index contributed by atoms with van der Waals surface area (Å²) in [6.07, 6.45) is 3.29. The van der Waals surface area contributed by atoms with Gasteiger partial charge in [-0.2, -0.15) is 0 Å². The van der Waals surface area contributed by atoms with Gasteiger partial charge in [0.25, 0.3) is 5.91 Å². The lowest BCUT2D eigenvalue weighted by atomic mass is 10.1. The Hall–Kier alpha value is -1.98. The molecule has 1 aromatic heterocycles. The molecule has 3 nitrogen and oxygen atoms in total. The zero-order chi connectivity index (χ0) is 15.2. The van der Waals surface area contributed by atoms with E-state index in [0.717, 1.165) is 5.56 Å². The van der Waals surface area contributed by atoms with Crippen molar-refractivity contribution in [3.05, 3.63) is 69.4 Å². The lowest BCUT2D eigenvalue weighted by molar-refractivity contribution is -0.112. The van der Waals surface area contributed by atoms with Gasteiger partial charge in [0, 0.05) is 5.69 Å². The summed E-state index contributed by atoms with van der Waals surface area (Å²) in [5, 5.41) is 4.55. The Bertz CT molecular complexity index is 688. The average Bonchev–Trinajstić information content (AvgIpc) is 3.00. The van der Waals surface area contributed by atoms with Crippen molar-refractivity contribution in [1.29, 1.82) is 0 Å². The Morgan fingerprint density at radius 3 is 2.48 bits per heavy atom. The lowest BCUT2D eigenvalue weighted by Crippen LogP contribution is -2.10. The van der Waals surface area contributed by atoms with Crippen LogP contribution in [0.1, 0.15) is 15.2 Å². The molecule has 0 aliphatic rings. The number of allylic oxidation sites excluding steroid dienone is 1. The van der Waals surface area contributed by atoms with Gasteiger partial charge in [-0.3, -0.25) is 9.59 Å². The summed E-state index contributed by atoms with van der Waals surface area (Å²) >= 11 is 4.43. The number of ketones is 1. The second kappa shape index (κ2) is 7.15. The van der Waals surface area contributed by atoms with E-state index >= 15 is 0 Å². The highest BCUT2D eigenvalue weighted by Gasteiger charge is 2.04. The topological polar surface area (TPSA) is 46.2 Å². The van der Waals surface area contributed by atoms with Crippen LogP contribution in [-0.2, 0) is 4.79 Å². The van der Waals surface area contributed by atoms with E-state index in [0.29, 0.717) is 10.6 Å². The van der Waals surface area contributed by atoms with Gasteiger partial charge in [-0.05, 0) is 51.1 Å². The maximum Gasteiger partial charge on any atom is 0.262 e. The SMILES string of the molecule is C=C(Br)C(=O)Nc1ccc(/C=C/C(=O)c2cccs2)cc1. The van der Waals surface area contributed by atoms with Crippen molar-refractivity contribution >= 4 is 50.7 Å². The highest BCUT2D eigenvalue weighted by molar-refractivity contribution is 9.12. The number of anilines is 1. The van der Waals surface area contributed by atoms with Crippen molar-refractivity contribution in [1.82, 2.24) is 0 Å². The third kappa shape index (κ3) is 4.51. The van der Waals surface area contributed by atoms with E-state index in [4.69, 9.17) is 0 Å². The number of rotatable bonds is 5. The van der Waals surface area contributed by atoms with Gasteiger partial charge >= 0.3 is 0 Å². The number of hydrogen-bond donors (Lipinski definition) is 1. The van der Waals surface area contributed by atoms with Crippen molar-refractivity contribution in [2.45, 2.75) is 0 Å². The normalized spacial score (nSPS) is 10.5. The molecule has 0 fully saturated rings. The molecule has 2 rings (SSSR count). The number of benzene rings is 1. The van der Waals surface area contributed by atoms with Gasteiger partial charge in [0.05, 0.1) is 9.36 Å². The van der Waals surface area contributed by atoms with Gasteiger partial charge in [-0.25, -0.2) is 0 Å². The summed E-state index contributed by atoms with van der Waals surface area (Å²) in [4.78, 5) is 24.0. The van der Waals surface area contributed by atoms with Gasteiger partial charge in [0.1, 0.15) is 0 Å². The van der Waals surface area contributed by atoms with Gasteiger partial charge in [-0.1, -0.05) is 30.9 Å². The molecule has 1 heterocycles. The largest absolute Gasteiger partial charge is 0.322 e. The number of carbonyl (C=O) groups is 2. The van der Waals surface area contributed by atoms with Crippen LogP contribution in [-0.4, -0.2) is 11.7 Å². The molecule has 0 radical (unpaired) electrons. The fourth-order valence-electron chi connectivity index (χ4n) is 1.55.